The average Bonchev–Trinajstić information content (AvgIpc) is 3.15. The largest absolute Gasteiger partial charge is 0.380 e. The normalized spacial score (nSPS) is 10.5. The second-order valence-electron chi connectivity index (χ2n) is 4.38. The molecular weight excluding hydrogens is 286 g/mol. The van der Waals surface area contributed by atoms with Gasteiger partial charge in [-0.05, 0) is 29.8 Å². The fourth-order valence-electron chi connectivity index (χ4n) is 1.97. The Hall–Kier alpha value is -2.67. The molecule has 2 heterocycles. The molecule has 0 atom stereocenters. The van der Waals surface area contributed by atoms with E-state index in [1.807, 2.05) is 24.3 Å². The van der Waals surface area contributed by atoms with Crippen molar-refractivity contribution in [3.05, 3.63) is 42.0 Å². The fourth-order valence-corrected chi connectivity index (χ4v) is 2.98. The van der Waals surface area contributed by atoms with Gasteiger partial charge in [0.1, 0.15) is 5.69 Å². The first-order chi connectivity index (χ1) is 10.2. The van der Waals surface area contributed by atoms with Crippen molar-refractivity contribution < 1.29 is 4.79 Å². The van der Waals surface area contributed by atoms with Crippen LogP contribution in [-0.4, -0.2) is 28.4 Å². The molecule has 7 heteroatoms. The topological polar surface area (TPSA) is 96.7 Å². The molecule has 2 aromatic heterocycles. The first-order valence-corrected chi connectivity index (χ1v) is 7.09. The summed E-state index contributed by atoms with van der Waals surface area (Å²) >= 11 is 1.57. The molecule has 6 nitrogen and oxygen atoms in total. The first kappa shape index (κ1) is 13.3. The third-order valence-corrected chi connectivity index (χ3v) is 4.21. The lowest BCUT2D eigenvalue weighted by Gasteiger charge is -2.01. The number of carbonyl (C=O) groups is 1. The van der Waals surface area contributed by atoms with Gasteiger partial charge in [0.05, 0.1) is 4.88 Å². The Labute approximate surface area is 125 Å². The number of H-pyrrole nitrogens is 1. The minimum Gasteiger partial charge on any atom is -0.380 e. The maximum absolute atomic E-state index is 11.5. The summed E-state index contributed by atoms with van der Waals surface area (Å²) in [6, 6.07) is 11.4. The van der Waals surface area contributed by atoms with Crippen molar-refractivity contribution in [2.24, 2.45) is 0 Å². The summed E-state index contributed by atoms with van der Waals surface area (Å²) in [6.07, 6.45) is 0. The first-order valence-electron chi connectivity index (χ1n) is 6.28. The van der Waals surface area contributed by atoms with Crippen LogP contribution in [-0.2, 0) is 0 Å². The maximum Gasteiger partial charge on any atom is 0.251 e. The molecule has 0 aliphatic carbocycles. The third kappa shape index (κ3) is 2.50. The van der Waals surface area contributed by atoms with Crippen LogP contribution in [0.25, 0.3) is 21.0 Å². The molecule has 0 saturated carbocycles. The third-order valence-electron chi connectivity index (χ3n) is 3.07. The molecule has 3 aromatic rings. The van der Waals surface area contributed by atoms with Crippen LogP contribution in [0.15, 0.2) is 36.4 Å². The molecule has 0 fully saturated rings. The molecule has 0 spiro atoms. The van der Waals surface area contributed by atoms with E-state index in [4.69, 9.17) is 5.73 Å². The van der Waals surface area contributed by atoms with Gasteiger partial charge in [-0.1, -0.05) is 12.1 Å². The number of hydrogen-bond donors (Lipinski definition) is 3. The van der Waals surface area contributed by atoms with Gasteiger partial charge in [-0.2, -0.15) is 10.3 Å². The van der Waals surface area contributed by atoms with Crippen molar-refractivity contribution in [1.82, 2.24) is 20.7 Å². The predicted molar refractivity (Wildman–Crippen MR) is 82.9 cm³/mol. The SMILES string of the molecule is CNC(=O)c1ccc(-c2ccc(-c3n[nH]nc3N)s2)cc1. The second-order valence-corrected chi connectivity index (χ2v) is 5.46. The van der Waals surface area contributed by atoms with E-state index in [9.17, 15) is 4.79 Å². The number of amides is 1. The van der Waals surface area contributed by atoms with E-state index in [0.29, 0.717) is 17.1 Å². The minimum absolute atomic E-state index is 0.0937. The van der Waals surface area contributed by atoms with E-state index in [1.165, 1.54) is 0 Å². The second kappa shape index (κ2) is 5.37. The van der Waals surface area contributed by atoms with Gasteiger partial charge in [-0.3, -0.25) is 4.79 Å². The van der Waals surface area contributed by atoms with Crippen molar-refractivity contribution in [2.45, 2.75) is 0 Å². The molecule has 0 unspecified atom stereocenters. The van der Waals surface area contributed by atoms with Gasteiger partial charge in [0, 0.05) is 17.5 Å². The van der Waals surface area contributed by atoms with Gasteiger partial charge in [-0.15, -0.1) is 16.4 Å². The summed E-state index contributed by atoms with van der Waals surface area (Å²) in [5.74, 6) is 0.294. The Morgan fingerprint density at radius 2 is 1.86 bits per heavy atom. The summed E-state index contributed by atoms with van der Waals surface area (Å²) in [4.78, 5) is 13.5. The maximum atomic E-state index is 11.5. The van der Waals surface area contributed by atoms with Crippen LogP contribution >= 0.6 is 11.3 Å². The van der Waals surface area contributed by atoms with E-state index in [2.05, 4.69) is 20.7 Å². The number of benzene rings is 1. The summed E-state index contributed by atoms with van der Waals surface area (Å²) < 4.78 is 0. The number of nitrogens with two attached hydrogens (primary N) is 1. The van der Waals surface area contributed by atoms with Crippen LogP contribution in [0.4, 0.5) is 5.82 Å². The molecule has 1 amide bonds. The van der Waals surface area contributed by atoms with Crippen molar-refractivity contribution in [1.29, 1.82) is 0 Å². The van der Waals surface area contributed by atoms with E-state index in [1.54, 1.807) is 30.5 Å². The lowest BCUT2D eigenvalue weighted by molar-refractivity contribution is 0.0963. The van der Waals surface area contributed by atoms with Crippen LogP contribution in [0.2, 0.25) is 0 Å². The van der Waals surface area contributed by atoms with E-state index >= 15 is 0 Å². The molecule has 0 saturated heterocycles. The summed E-state index contributed by atoms with van der Waals surface area (Å²) in [6.45, 7) is 0. The lowest BCUT2D eigenvalue weighted by atomic mass is 10.1. The van der Waals surface area contributed by atoms with E-state index in [-0.39, 0.29) is 5.91 Å². The van der Waals surface area contributed by atoms with Crippen molar-refractivity contribution >= 4 is 23.1 Å². The van der Waals surface area contributed by atoms with Gasteiger partial charge < -0.3 is 11.1 Å². The number of aromatic amines is 1. The monoisotopic (exact) mass is 299 g/mol. The highest BCUT2D eigenvalue weighted by Crippen LogP contribution is 2.35. The number of nitrogens with zero attached hydrogens (tertiary/aromatic N) is 2. The quantitative estimate of drug-likeness (QED) is 0.690. The van der Waals surface area contributed by atoms with Crippen molar-refractivity contribution in [3.8, 4) is 21.0 Å². The van der Waals surface area contributed by atoms with Gasteiger partial charge in [-0.25, -0.2) is 0 Å². The minimum atomic E-state index is -0.0937. The molecular formula is C14H13N5OS. The Balaban J connectivity index is 1.90. The molecule has 3 rings (SSSR count). The number of nitrogens with one attached hydrogen (secondary N) is 2. The zero-order valence-electron chi connectivity index (χ0n) is 11.3. The van der Waals surface area contributed by atoms with E-state index < -0.39 is 0 Å². The fraction of sp³-hybridized carbons (Fsp3) is 0.0714. The van der Waals surface area contributed by atoms with Gasteiger partial charge >= 0.3 is 0 Å². The van der Waals surface area contributed by atoms with Gasteiger partial charge in [0.25, 0.3) is 5.91 Å². The standard InChI is InChI=1S/C14H13N5OS/c1-16-14(20)9-4-2-8(3-5-9)10-6-7-11(21-10)12-13(15)18-19-17-12/h2-7H,1H3,(H,16,20)(H3,15,17,18,19). The average molecular weight is 299 g/mol. The number of anilines is 1. The Morgan fingerprint density at radius 1 is 1.14 bits per heavy atom. The van der Waals surface area contributed by atoms with Crippen LogP contribution < -0.4 is 11.1 Å². The lowest BCUT2D eigenvalue weighted by Crippen LogP contribution is -2.17. The highest BCUT2D eigenvalue weighted by Gasteiger charge is 2.11. The molecule has 0 bridgehead atoms. The van der Waals surface area contributed by atoms with Crippen LogP contribution in [0, 0.1) is 0 Å². The van der Waals surface area contributed by atoms with Crippen LogP contribution in [0.1, 0.15) is 10.4 Å². The Bertz CT molecular complexity index is 775. The van der Waals surface area contributed by atoms with Crippen LogP contribution in [0.3, 0.4) is 0 Å². The van der Waals surface area contributed by atoms with Crippen LogP contribution in [0.5, 0.6) is 0 Å². The number of hydrogen-bond acceptors (Lipinski definition) is 5. The number of carbonyl (C=O) groups excluding carboxylic acids is 1. The predicted octanol–water partition coefficient (Wildman–Crippen LogP) is 2.14. The molecule has 0 radical (unpaired) electrons. The molecule has 4 N–H and O–H groups in total. The zero-order valence-corrected chi connectivity index (χ0v) is 12.1. The van der Waals surface area contributed by atoms with Gasteiger partial charge in [0.2, 0.25) is 0 Å². The summed E-state index contributed by atoms with van der Waals surface area (Å²) in [7, 11) is 1.62. The van der Waals surface area contributed by atoms with Gasteiger partial charge in [0.15, 0.2) is 5.82 Å². The summed E-state index contributed by atoms with van der Waals surface area (Å²) in [5, 5.41) is 13.0. The summed E-state index contributed by atoms with van der Waals surface area (Å²) in [5.41, 5.74) is 8.09. The molecule has 21 heavy (non-hydrogen) atoms. The van der Waals surface area contributed by atoms with E-state index in [0.717, 1.165) is 15.3 Å². The zero-order chi connectivity index (χ0) is 14.8. The highest BCUT2D eigenvalue weighted by molar-refractivity contribution is 7.18. The Kier molecular flexibility index (Phi) is 3.41. The molecule has 0 aliphatic rings. The molecule has 1 aromatic carbocycles. The molecule has 0 aliphatic heterocycles. The number of nitrogen functional groups attached to an aromatic ring is 1. The van der Waals surface area contributed by atoms with Crippen molar-refractivity contribution in [3.63, 3.8) is 0 Å². The Morgan fingerprint density at radius 3 is 2.48 bits per heavy atom. The van der Waals surface area contributed by atoms with Crippen molar-refractivity contribution in [2.75, 3.05) is 12.8 Å². The highest BCUT2D eigenvalue weighted by atomic mass is 32.1. The number of aromatic nitrogens is 3. The molecule has 106 valence electrons. The smallest absolute Gasteiger partial charge is 0.251 e. The number of rotatable bonds is 3. The number of thiophene rings is 1.